The van der Waals surface area contributed by atoms with Crippen molar-refractivity contribution in [2.24, 2.45) is 5.92 Å². The van der Waals surface area contributed by atoms with Crippen molar-refractivity contribution in [3.8, 4) is 5.75 Å². The number of hydrogen-bond acceptors (Lipinski definition) is 4. The Balaban J connectivity index is 2.07. The third-order valence-corrected chi connectivity index (χ3v) is 3.94. The van der Waals surface area contributed by atoms with E-state index >= 15 is 0 Å². The zero-order valence-corrected chi connectivity index (χ0v) is 13.3. The van der Waals surface area contributed by atoms with Gasteiger partial charge in [-0.05, 0) is 37.5 Å². The van der Waals surface area contributed by atoms with Crippen LogP contribution in [0.15, 0.2) is 18.2 Å². The number of hydrogen-bond donors (Lipinski definition) is 2. The van der Waals surface area contributed by atoms with E-state index in [-0.39, 0.29) is 12.2 Å². The van der Waals surface area contributed by atoms with Crippen molar-refractivity contribution in [3.63, 3.8) is 0 Å². The first-order valence-corrected chi connectivity index (χ1v) is 7.60. The second-order valence-electron chi connectivity index (χ2n) is 5.90. The molecule has 0 spiro atoms. The van der Waals surface area contributed by atoms with Crippen LogP contribution in [-0.2, 0) is 16.0 Å². The van der Waals surface area contributed by atoms with Gasteiger partial charge >= 0.3 is 5.97 Å². The molecule has 1 saturated carbocycles. The number of methoxy groups -OCH3 is 1. The quantitative estimate of drug-likeness (QED) is 0.713. The van der Waals surface area contributed by atoms with Gasteiger partial charge in [0.1, 0.15) is 11.8 Å². The third-order valence-electron chi connectivity index (χ3n) is 3.94. The predicted molar refractivity (Wildman–Crippen MR) is 83.6 cm³/mol. The summed E-state index contributed by atoms with van der Waals surface area (Å²) in [6.07, 6.45) is 2.48. The van der Waals surface area contributed by atoms with E-state index in [4.69, 9.17) is 4.74 Å². The Morgan fingerprint density at radius 3 is 2.57 bits per heavy atom. The summed E-state index contributed by atoms with van der Waals surface area (Å²) in [4.78, 5) is 34.9. The highest BCUT2D eigenvalue weighted by Crippen LogP contribution is 2.33. The van der Waals surface area contributed by atoms with Gasteiger partial charge in [0, 0.05) is 11.1 Å². The minimum Gasteiger partial charge on any atom is -0.496 e. The highest BCUT2D eigenvalue weighted by Gasteiger charge is 2.30. The summed E-state index contributed by atoms with van der Waals surface area (Å²) in [6.45, 7) is 1.45. The van der Waals surface area contributed by atoms with E-state index < -0.39 is 17.9 Å². The number of carboxylic acid groups (broad SMARTS) is 1. The number of ketones is 1. The minimum absolute atomic E-state index is 0.0290. The molecule has 1 amide bonds. The molecule has 1 aliphatic rings. The lowest BCUT2D eigenvalue weighted by Crippen LogP contribution is -2.41. The van der Waals surface area contributed by atoms with Gasteiger partial charge in [0.2, 0.25) is 5.91 Å². The van der Waals surface area contributed by atoms with Crippen molar-refractivity contribution >= 4 is 17.7 Å². The van der Waals surface area contributed by atoms with Gasteiger partial charge in [-0.25, -0.2) is 4.79 Å². The molecule has 2 rings (SSSR count). The van der Waals surface area contributed by atoms with Gasteiger partial charge < -0.3 is 15.2 Å². The topological polar surface area (TPSA) is 92.7 Å². The average Bonchev–Trinajstić information content (AvgIpc) is 3.30. The number of carbonyl (C=O) groups is 3. The van der Waals surface area contributed by atoms with Crippen LogP contribution in [-0.4, -0.2) is 35.9 Å². The molecule has 2 N–H and O–H groups in total. The number of amides is 1. The molecule has 1 atom stereocenters. The standard InChI is InChI=1S/C17H21NO5/c1-10(19)12-5-6-15(23-2)13(8-12)9-16(20)18-14(17(21)22)7-11-3-4-11/h5-6,8,11,14H,3-4,7,9H2,1-2H3,(H,18,20)(H,21,22). The van der Waals surface area contributed by atoms with E-state index in [2.05, 4.69) is 5.32 Å². The van der Waals surface area contributed by atoms with E-state index in [0.29, 0.717) is 29.2 Å². The van der Waals surface area contributed by atoms with Crippen LogP contribution in [0.3, 0.4) is 0 Å². The highest BCUT2D eigenvalue weighted by molar-refractivity contribution is 5.95. The van der Waals surface area contributed by atoms with Gasteiger partial charge in [-0.3, -0.25) is 9.59 Å². The summed E-state index contributed by atoms with van der Waals surface area (Å²) >= 11 is 0. The lowest BCUT2D eigenvalue weighted by molar-refractivity contribution is -0.142. The van der Waals surface area contributed by atoms with Gasteiger partial charge in [0.15, 0.2) is 5.78 Å². The van der Waals surface area contributed by atoms with E-state index in [0.717, 1.165) is 12.8 Å². The zero-order chi connectivity index (χ0) is 17.0. The number of benzene rings is 1. The SMILES string of the molecule is COc1ccc(C(C)=O)cc1CC(=O)NC(CC1CC1)C(=O)O. The first-order valence-electron chi connectivity index (χ1n) is 7.60. The second kappa shape index (κ2) is 7.26. The van der Waals surface area contributed by atoms with Crippen LogP contribution in [0.2, 0.25) is 0 Å². The van der Waals surface area contributed by atoms with E-state index in [1.54, 1.807) is 18.2 Å². The van der Waals surface area contributed by atoms with Gasteiger partial charge in [0.25, 0.3) is 0 Å². The zero-order valence-electron chi connectivity index (χ0n) is 13.3. The predicted octanol–water partition coefficient (Wildman–Crippen LogP) is 1.81. The van der Waals surface area contributed by atoms with Crippen LogP contribution < -0.4 is 10.1 Å². The molecule has 1 aromatic rings. The first kappa shape index (κ1) is 17.0. The lowest BCUT2D eigenvalue weighted by Gasteiger charge is -2.15. The van der Waals surface area contributed by atoms with E-state index in [9.17, 15) is 19.5 Å². The molecule has 1 aromatic carbocycles. The Morgan fingerprint density at radius 2 is 2.04 bits per heavy atom. The van der Waals surface area contributed by atoms with E-state index in [1.807, 2.05) is 0 Å². The maximum atomic E-state index is 12.2. The Labute approximate surface area is 134 Å². The number of Topliss-reactive ketones (excluding diaryl/α,β-unsaturated/α-hetero) is 1. The molecule has 1 aliphatic carbocycles. The Kier molecular flexibility index (Phi) is 5.36. The molecule has 0 radical (unpaired) electrons. The van der Waals surface area contributed by atoms with Crippen molar-refractivity contribution in [2.45, 2.75) is 38.6 Å². The lowest BCUT2D eigenvalue weighted by atomic mass is 10.0. The first-order chi connectivity index (χ1) is 10.9. The number of carboxylic acids is 1. The van der Waals surface area contributed by atoms with Gasteiger partial charge in [-0.2, -0.15) is 0 Å². The Hall–Kier alpha value is -2.37. The van der Waals surface area contributed by atoms with Crippen molar-refractivity contribution in [2.75, 3.05) is 7.11 Å². The molecule has 23 heavy (non-hydrogen) atoms. The highest BCUT2D eigenvalue weighted by atomic mass is 16.5. The number of aliphatic carboxylic acids is 1. The molecule has 0 saturated heterocycles. The summed E-state index contributed by atoms with van der Waals surface area (Å²) in [7, 11) is 1.48. The van der Waals surface area contributed by atoms with Crippen LogP contribution in [0.4, 0.5) is 0 Å². The molecular formula is C17H21NO5. The summed E-state index contributed by atoms with van der Waals surface area (Å²) < 4.78 is 5.20. The van der Waals surface area contributed by atoms with Crippen molar-refractivity contribution in [1.82, 2.24) is 5.32 Å². The Morgan fingerprint density at radius 1 is 1.35 bits per heavy atom. The molecule has 0 bridgehead atoms. The van der Waals surface area contributed by atoms with Crippen LogP contribution in [0.25, 0.3) is 0 Å². The summed E-state index contributed by atoms with van der Waals surface area (Å²) in [6, 6.07) is 4.02. The molecule has 6 heteroatoms. The monoisotopic (exact) mass is 319 g/mol. The second-order valence-corrected chi connectivity index (χ2v) is 5.90. The van der Waals surface area contributed by atoms with Gasteiger partial charge in [-0.1, -0.05) is 12.8 Å². The number of carbonyl (C=O) groups excluding carboxylic acids is 2. The Bertz CT molecular complexity index is 621. The summed E-state index contributed by atoms with van der Waals surface area (Å²) in [5.74, 6) is -0.621. The molecule has 1 fully saturated rings. The van der Waals surface area contributed by atoms with Gasteiger partial charge in [0.05, 0.1) is 13.5 Å². The molecule has 6 nitrogen and oxygen atoms in total. The normalized spacial score (nSPS) is 14.9. The van der Waals surface area contributed by atoms with Crippen LogP contribution in [0.1, 0.15) is 42.1 Å². The molecule has 1 unspecified atom stereocenters. The number of rotatable bonds is 8. The van der Waals surface area contributed by atoms with Crippen molar-refractivity contribution in [1.29, 1.82) is 0 Å². The van der Waals surface area contributed by atoms with E-state index in [1.165, 1.54) is 14.0 Å². The van der Waals surface area contributed by atoms with Crippen molar-refractivity contribution in [3.05, 3.63) is 29.3 Å². The molecular weight excluding hydrogens is 298 g/mol. The number of nitrogens with one attached hydrogen (secondary N) is 1. The fourth-order valence-corrected chi connectivity index (χ4v) is 2.46. The van der Waals surface area contributed by atoms with Crippen LogP contribution in [0, 0.1) is 5.92 Å². The fourth-order valence-electron chi connectivity index (χ4n) is 2.46. The molecule has 0 aliphatic heterocycles. The molecule has 0 heterocycles. The fraction of sp³-hybridized carbons (Fsp3) is 0.471. The summed E-state index contributed by atoms with van der Waals surface area (Å²) in [5, 5.41) is 11.8. The van der Waals surface area contributed by atoms with Crippen molar-refractivity contribution < 1.29 is 24.2 Å². The van der Waals surface area contributed by atoms with Gasteiger partial charge in [-0.15, -0.1) is 0 Å². The largest absolute Gasteiger partial charge is 0.496 e. The smallest absolute Gasteiger partial charge is 0.326 e. The maximum Gasteiger partial charge on any atom is 0.326 e. The van der Waals surface area contributed by atoms with Crippen LogP contribution in [0.5, 0.6) is 5.75 Å². The molecule has 0 aromatic heterocycles. The maximum absolute atomic E-state index is 12.2. The summed E-state index contributed by atoms with van der Waals surface area (Å²) in [5.41, 5.74) is 1.05. The minimum atomic E-state index is -1.02. The third kappa shape index (κ3) is 4.81. The molecule has 124 valence electrons. The van der Waals surface area contributed by atoms with Crippen LogP contribution >= 0.6 is 0 Å². The average molecular weight is 319 g/mol. The number of ether oxygens (including phenoxy) is 1.